The molecule has 2 aliphatic heterocycles. The molecule has 2 heterocycles. The number of hydrogen-bond donors (Lipinski definition) is 5. The molecule has 9 nitrogen and oxygen atoms in total. The normalized spacial score (nSPS) is 30.5. The van der Waals surface area contributed by atoms with E-state index in [-0.39, 0.29) is 0 Å². The van der Waals surface area contributed by atoms with Gasteiger partial charge >= 0.3 is 5.97 Å². The predicted octanol–water partition coefficient (Wildman–Crippen LogP) is 0.479. The fourth-order valence-electron chi connectivity index (χ4n) is 3.11. The van der Waals surface area contributed by atoms with E-state index >= 15 is 0 Å². The number of hydrogen-bond acceptors (Lipinski definition) is 9. The lowest BCUT2D eigenvalue weighted by atomic mass is 9.99. The van der Waals surface area contributed by atoms with Gasteiger partial charge in [0.05, 0.1) is 0 Å². The summed E-state index contributed by atoms with van der Waals surface area (Å²) < 4.78 is 10.8. The number of aryl methyl sites for hydroxylation is 2. The number of rotatable bonds is 4. The van der Waals surface area contributed by atoms with Crippen molar-refractivity contribution in [2.45, 2.75) is 51.0 Å². The highest BCUT2D eigenvalue weighted by Crippen LogP contribution is 2.30. The number of benzene rings is 1. The summed E-state index contributed by atoms with van der Waals surface area (Å²) >= 11 is 1.66. The summed E-state index contributed by atoms with van der Waals surface area (Å²) in [5.74, 6) is -0.0960. The van der Waals surface area contributed by atoms with E-state index in [2.05, 4.69) is 10.3 Å². The lowest BCUT2D eigenvalue weighted by Crippen LogP contribution is -2.61. The Balaban J connectivity index is 1.77. The molecule has 3 rings (SSSR count). The monoisotopic (exact) mass is 412 g/mol. The van der Waals surface area contributed by atoms with Gasteiger partial charge in [-0.3, -0.25) is 4.99 Å². The number of carboxylic acids is 1. The number of carboxylic acid groups (broad SMARTS) is 1. The van der Waals surface area contributed by atoms with Gasteiger partial charge in [0.15, 0.2) is 11.3 Å². The molecule has 1 aromatic carbocycles. The fourth-order valence-corrected chi connectivity index (χ4v) is 3.94. The van der Waals surface area contributed by atoms with Gasteiger partial charge in [0, 0.05) is 18.0 Å². The summed E-state index contributed by atoms with van der Waals surface area (Å²) in [5, 5.41) is 43.0. The van der Waals surface area contributed by atoms with Crippen LogP contribution < -0.4 is 10.1 Å². The zero-order valence-corrected chi connectivity index (χ0v) is 16.3. The summed E-state index contributed by atoms with van der Waals surface area (Å²) in [5.41, 5.74) is 2.62. The molecule has 10 heteroatoms. The molecule has 5 atom stereocenters. The van der Waals surface area contributed by atoms with Crippen LogP contribution in [0.4, 0.5) is 5.69 Å². The van der Waals surface area contributed by atoms with Crippen molar-refractivity contribution in [1.82, 2.24) is 0 Å². The molecule has 5 N–H and O–H groups in total. The Bertz CT molecular complexity index is 749. The van der Waals surface area contributed by atoms with Crippen LogP contribution in [0.3, 0.4) is 0 Å². The minimum Gasteiger partial charge on any atom is -0.479 e. The first-order valence-electron chi connectivity index (χ1n) is 8.92. The van der Waals surface area contributed by atoms with Crippen LogP contribution in [-0.2, 0) is 9.53 Å². The average molecular weight is 412 g/mol. The molecule has 0 saturated carbocycles. The quantitative estimate of drug-likeness (QED) is 0.477. The van der Waals surface area contributed by atoms with E-state index < -0.39 is 36.7 Å². The lowest BCUT2D eigenvalue weighted by molar-refractivity contribution is -0.271. The van der Waals surface area contributed by atoms with Gasteiger partial charge in [0.25, 0.3) is 0 Å². The molecule has 1 aromatic rings. The standard InChI is InChI=1S/C18H24N2O7S/c1-8-6-10(7-9(2)11(8)20-18-19-4-3-5-28-18)26-17-14(23)12(21)13(22)15(27-17)16(24)25/h6-7,12-15,17,21-23H,3-5H2,1-2H3,(H,19,20)(H,24,25). The first-order valence-corrected chi connectivity index (χ1v) is 9.91. The highest BCUT2D eigenvalue weighted by Gasteiger charge is 2.48. The third-order valence-electron chi connectivity index (χ3n) is 4.60. The second-order valence-corrected chi connectivity index (χ2v) is 7.88. The maximum atomic E-state index is 11.2. The van der Waals surface area contributed by atoms with Crippen LogP contribution in [0, 0.1) is 13.8 Å². The van der Waals surface area contributed by atoms with E-state index in [9.17, 15) is 20.1 Å². The van der Waals surface area contributed by atoms with Crippen molar-refractivity contribution >= 4 is 28.6 Å². The highest BCUT2D eigenvalue weighted by atomic mass is 32.2. The third kappa shape index (κ3) is 4.41. The summed E-state index contributed by atoms with van der Waals surface area (Å²) in [6.07, 6.45) is -7.14. The predicted molar refractivity (Wildman–Crippen MR) is 104 cm³/mol. The van der Waals surface area contributed by atoms with Crippen LogP contribution in [-0.4, -0.2) is 74.6 Å². The number of carbonyl (C=O) groups is 1. The molecule has 5 unspecified atom stereocenters. The van der Waals surface area contributed by atoms with Crippen molar-refractivity contribution in [3.05, 3.63) is 23.3 Å². The summed E-state index contributed by atoms with van der Waals surface area (Å²) in [6.45, 7) is 4.56. The molecule has 0 spiro atoms. The van der Waals surface area contributed by atoms with Gasteiger partial charge in [-0.2, -0.15) is 0 Å². The molecule has 0 aliphatic carbocycles. The Labute approximate surface area is 166 Å². The number of aliphatic imine (C=N–C) groups is 1. The largest absolute Gasteiger partial charge is 0.479 e. The van der Waals surface area contributed by atoms with E-state index in [1.165, 1.54) is 0 Å². The number of anilines is 1. The van der Waals surface area contributed by atoms with Gasteiger partial charge in [0.2, 0.25) is 6.29 Å². The Morgan fingerprint density at radius 2 is 1.89 bits per heavy atom. The maximum Gasteiger partial charge on any atom is 0.335 e. The van der Waals surface area contributed by atoms with Crippen LogP contribution in [0.25, 0.3) is 0 Å². The van der Waals surface area contributed by atoms with Gasteiger partial charge in [0.1, 0.15) is 24.1 Å². The van der Waals surface area contributed by atoms with Crippen molar-refractivity contribution in [3.63, 3.8) is 0 Å². The molecule has 2 aliphatic rings. The SMILES string of the molecule is Cc1cc(OC2OC(C(=O)O)C(O)C(O)C2O)cc(C)c1NC1=NCCCS1. The zero-order chi connectivity index (χ0) is 20.4. The summed E-state index contributed by atoms with van der Waals surface area (Å²) in [7, 11) is 0. The van der Waals surface area contributed by atoms with Gasteiger partial charge in [-0.1, -0.05) is 11.8 Å². The van der Waals surface area contributed by atoms with E-state index in [0.29, 0.717) is 5.75 Å². The number of nitrogens with one attached hydrogen (secondary N) is 1. The van der Waals surface area contributed by atoms with E-state index in [1.54, 1.807) is 23.9 Å². The first kappa shape index (κ1) is 20.9. The van der Waals surface area contributed by atoms with E-state index in [1.807, 2.05) is 13.8 Å². The second kappa shape index (κ2) is 8.66. The lowest BCUT2D eigenvalue weighted by Gasteiger charge is -2.38. The molecule has 0 radical (unpaired) electrons. The zero-order valence-electron chi connectivity index (χ0n) is 15.5. The molecular formula is C18H24N2O7S. The number of thioether (sulfide) groups is 1. The smallest absolute Gasteiger partial charge is 0.335 e. The van der Waals surface area contributed by atoms with Gasteiger partial charge in [-0.15, -0.1) is 0 Å². The molecule has 0 bridgehead atoms. The molecule has 1 fully saturated rings. The number of aliphatic carboxylic acids is 1. The molecule has 154 valence electrons. The third-order valence-corrected chi connectivity index (χ3v) is 5.60. The molecule has 0 amide bonds. The van der Waals surface area contributed by atoms with E-state index in [4.69, 9.17) is 14.6 Å². The highest BCUT2D eigenvalue weighted by molar-refractivity contribution is 8.14. The van der Waals surface area contributed by atoms with Gasteiger partial charge < -0.3 is 35.2 Å². The van der Waals surface area contributed by atoms with Crippen molar-refractivity contribution in [3.8, 4) is 5.75 Å². The number of amidine groups is 1. The van der Waals surface area contributed by atoms with Crippen molar-refractivity contribution in [1.29, 1.82) is 0 Å². The Morgan fingerprint density at radius 1 is 1.21 bits per heavy atom. The van der Waals surface area contributed by atoms with Gasteiger partial charge in [-0.25, -0.2) is 4.79 Å². The topological polar surface area (TPSA) is 141 Å². The minimum absolute atomic E-state index is 0.343. The van der Waals surface area contributed by atoms with E-state index in [0.717, 1.165) is 40.7 Å². The van der Waals surface area contributed by atoms with Crippen LogP contribution in [0.15, 0.2) is 17.1 Å². The Hall–Kier alpha value is -1.85. The van der Waals surface area contributed by atoms with Crippen LogP contribution in [0.1, 0.15) is 17.5 Å². The molecular weight excluding hydrogens is 388 g/mol. The van der Waals surface area contributed by atoms with Crippen molar-refractivity contribution in [2.75, 3.05) is 17.6 Å². The molecule has 1 saturated heterocycles. The Morgan fingerprint density at radius 3 is 2.46 bits per heavy atom. The van der Waals surface area contributed by atoms with Crippen LogP contribution in [0.5, 0.6) is 5.75 Å². The van der Waals surface area contributed by atoms with Crippen LogP contribution >= 0.6 is 11.8 Å². The van der Waals surface area contributed by atoms with Crippen molar-refractivity contribution in [2.24, 2.45) is 4.99 Å². The molecule has 28 heavy (non-hydrogen) atoms. The summed E-state index contributed by atoms with van der Waals surface area (Å²) in [6, 6.07) is 3.43. The minimum atomic E-state index is -1.75. The maximum absolute atomic E-state index is 11.2. The second-order valence-electron chi connectivity index (χ2n) is 6.80. The fraction of sp³-hybridized carbons (Fsp3) is 0.556. The average Bonchev–Trinajstić information content (AvgIpc) is 2.65. The van der Waals surface area contributed by atoms with Gasteiger partial charge in [-0.05, 0) is 43.5 Å². The van der Waals surface area contributed by atoms with Crippen LogP contribution in [0.2, 0.25) is 0 Å². The molecule has 0 aromatic heterocycles. The number of aliphatic hydroxyl groups excluding tert-OH is 3. The number of nitrogens with zero attached hydrogens (tertiary/aromatic N) is 1. The first-order chi connectivity index (χ1) is 13.3. The number of aliphatic hydroxyl groups is 3. The van der Waals surface area contributed by atoms with Crippen molar-refractivity contribution < 1.29 is 34.7 Å². The summed E-state index contributed by atoms with van der Waals surface area (Å²) in [4.78, 5) is 15.7. The Kier molecular flexibility index (Phi) is 6.46. The number of ether oxygens (including phenoxy) is 2.